The van der Waals surface area contributed by atoms with Crippen molar-refractivity contribution in [2.45, 2.75) is 13.3 Å². The van der Waals surface area contributed by atoms with Crippen LogP contribution < -0.4 is 11.1 Å². The van der Waals surface area contributed by atoms with Crippen molar-refractivity contribution in [3.63, 3.8) is 0 Å². The van der Waals surface area contributed by atoms with Gasteiger partial charge in [0.05, 0.1) is 11.0 Å². The first kappa shape index (κ1) is 18.7. The number of aromatic nitrogens is 2. The number of nitrogens with one attached hydrogen (secondary N) is 2. The summed E-state index contributed by atoms with van der Waals surface area (Å²) in [6.07, 6.45) is 0.692. The Morgan fingerprint density at radius 3 is 2.75 bits per heavy atom. The Hall–Kier alpha value is -1.30. The van der Waals surface area contributed by atoms with Gasteiger partial charge in [-0.05, 0) is 12.1 Å². The molecule has 1 heterocycles. The van der Waals surface area contributed by atoms with Gasteiger partial charge in [-0.15, -0.1) is 24.8 Å². The maximum absolute atomic E-state index is 11.5. The Kier molecular flexibility index (Phi) is 8.22. The highest BCUT2D eigenvalue weighted by molar-refractivity contribution is 5.85. The summed E-state index contributed by atoms with van der Waals surface area (Å²) in [4.78, 5) is 19.2. The highest BCUT2D eigenvalue weighted by Crippen LogP contribution is 2.10. The number of nitrogens with zero attached hydrogens (tertiary/aromatic N) is 1. The van der Waals surface area contributed by atoms with E-state index in [0.717, 1.165) is 16.9 Å². The molecule has 20 heavy (non-hydrogen) atoms. The van der Waals surface area contributed by atoms with Gasteiger partial charge in [-0.2, -0.15) is 0 Å². The zero-order valence-electron chi connectivity index (χ0n) is 11.3. The van der Waals surface area contributed by atoms with Crippen LogP contribution in [0.4, 0.5) is 0 Å². The number of hydrogen-bond acceptors (Lipinski definition) is 3. The number of carbonyl (C=O) groups is 1. The second-order valence-electron chi connectivity index (χ2n) is 4.38. The highest BCUT2D eigenvalue weighted by Gasteiger charge is 2.10. The topological polar surface area (TPSA) is 83.8 Å². The second-order valence-corrected chi connectivity index (χ2v) is 4.38. The van der Waals surface area contributed by atoms with E-state index in [0.29, 0.717) is 19.5 Å². The molecule has 7 heteroatoms. The van der Waals surface area contributed by atoms with Crippen molar-refractivity contribution >= 4 is 41.8 Å². The minimum Gasteiger partial charge on any atom is -0.355 e. The van der Waals surface area contributed by atoms with Gasteiger partial charge in [-0.25, -0.2) is 4.98 Å². The lowest BCUT2D eigenvalue weighted by molar-refractivity contribution is -0.124. The molecule has 0 aliphatic rings. The van der Waals surface area contributed by atoms with Crippen molar-refractivity contribution < 1.29 is 4.79 Å². The van der Waals surface area contributed by atoms with E-state index in [4.69, 9.17) is 5.73 Å². The zero-order chi connectivity index (χ0) is 13.0. The summed E-state index contributed by atoms with van der Waals surface area (Å²) in [5.74, 6) is 0.742. The quantitative estimate of drug-likeness (QED) is 0.784. The number of hydrogen-bond donors (Lipinski definition) is 3. The molecule has 2 aromatic rings. The molecule has 0 saturated heterocycles. The SMILES string of the molecule is CC(CN)C(=O)NCCc1nc2ccccc2[nH]1.Cl.Cl. The lowest BCUT2D eigenvalue weighted by Crippen LogP contribution is -2.34. The Balaban J connectivity index is 0.00000180. The number of benzene rings is 1. The van der Waals surface area contributed by atoms with Gasteiger partial charge in [-0.1, -0.05) is 19.1 Å². The number of aromatic amines is 1. The first-order chi connectivity index (χ1) is 8.70. The van der Waals surface area contributed by atoms with Crippen molar-refractivity contribution in [2.24, 2.45) is 11.7 Å². The number of nitrogens with two attached hydrogens (primary N) is 1. The van der Waals surface area contributed by atoms with Gasteiger partial charge in [0.25, 0.3) is 0 Å². The van der Waals surface area contributed by atoms with Crippen LogP contribution in [0.15, 0.2) is 24.3 Å². The van der Waals surface area contributed by atoms with Gasteiger partial charge in [0.1, 0.15) is 5.82 Å². The Morgan fingerprint density at radius 2 is 2.10 bits per heavy atom. The second kappa shape index (κ2) is 8.79. The fourth-order valence-corrected chi connectivity index (χ4v) is 1.71. The van der Waals surface area contributed by atoms with E-state index in [-0.39, 0.29) is 36.6 Å². The average Bonchev–Trinajstić information content (AvgIpc) is 2.80. The zero-order valence-corrected chi connectivity index (χ0v) is 12.9. The van der Waals surface area contributed by atoms with Gasteiger partial charge in [-0.3, -0.25) is 4.79 Å². The fourth-order valence-electron chi connectivity index (χ4n) is 1.71. The number of rotatable bonds is 5. The highest BCUT2D eigenvalue weighted by atomic mass is 35.5. The number of imidazole rings is 1. The van der Waals surface area contributed by atoms with Gasteiger partial charge in [0, 0.05) is 25.4 Å². The summed E-state index contributed by atoms with van der Waals surface area (Å²) >= 11 is 0. The van der Waals surface area contributed by atoms with E-state index < -0.39 is 0 Å². The van der Waals surface area contributed by atoms with E-state index in [1.807, 2.05) is 31.2 Å². The molecule has 4 N–H and O–H groups in total. The van der Waals surface area contributed by atoms with Crippen molar-refractivity contribution in [2.75, 3.05) is 13.1 Å². The molecule has 5 nitrogen and oxygen atoms in total. The van der Waals surface area contributed by atoms with Crippen molar-refractivity contribution in [1.29, 1.82) is 0 Å². The molecule has 1 aromatic carbocycles. The maximum atomic E-state index is 11.5. The van der Waals surface area contributed by atoms with Crippen LogP contribution in [0.1, 0.15) is 12.7 Å². The van der Waals surface area contributed by atoms with Crippen molar-refractivity contribution in [3.8, 4) is 0 Å². The summed E-state index contributed by atoms with van der Waals surface area (Å²) in [6.45, 7) is 2.76. The molecule has 0 spiro atoms. The number of carbonyl (C=O) groups excluding carboxylic acids is 1. The minimum atomic E-state index is -0.138. The molecule has 0 bridgehead atoms. The van der Waals surface area contributed by atoms with Crippen LogP contribution in [-0.2, 0) is 11.2 Å². The van der Waals surface area contributed by atoms with Crippen molar-refractivity contribution in [1.82, 2.24) is 15.3 Å². The third-order valence-corrected chi connectivity index (χ3v) is 2.90. The number of fused-ring (bicyclic) bond motifs is 1. The fraction of sp³-hybridized carbons (Fsp3) is 0.385. The molecule has 1 atom stereocenters. The summed E-state index contributed by atoms with van der Waals surface area (Å²) in [5.41, 5.74) is 7.40. The van der Waals surface area contributed by atoms with Crippen LogP contribution in [0.2, 0.25) is 0 Å². The Morgan fingerprint density at radius 1 is 1.40 bits per heavy atom. The third-order valence-electron chi connectivity index (χ3n) is 2.90. The molecule has 1 unspecified atom stereocenters. The van der Waals surface area contributed by atoms with Crippen LogP contribution >= 0.6 is 24.8 Å². The van der Waals surface area contributed by atoms with Gasteiger partial charge < -0.3 is 16.0 Å². The first-order valence-electron chi connectivity index (χ1n) is 6.12. The van der Waals surface area contributed by atoms with Gasteiger partial charge in [0.15, 0.2) is 0 Å². The molecular formula is C13H20Cl2N4O. The lowest BCUT2D eigenvalue weighted by atomic mass is 10.2. The Bertz CT molecular complexity index is 511. The molecule has 2 rings (SSSR count). The molecule has 0 radical (unpaired) electrons. The number of halogens is 2. The summed E-state index contributed by atoms with van der Waals surface area (Å²) in [7, 11) is 0. The molecule has 1 amide bonds. The standard InChI is InChI=1S/C13H18N4O.2ClH/c1-9(8-14)13(18)15-7-6-12-16-10-4-2-3-5-11(10)17-12;;/h2-5,9H,6-8,14H2,1H3,(H,15,18)(H,16,17);2*1H. The molecular weight excluding hydrogens is 299 g/mol. The minimum absolute atomic E-state index is 0. The number of para-hydroxylation sites is 2. The monoisotopic (exact) mass is 318 g/mol. The van der Waals surface area contributed by atoms with Crippen LogP contribution in [-0.4, -0.2) is 29.0 Å². The van der Waals surface area contributed by atoms with Gasteiger partial charge >= 0.3 is 0 Å². The third kappa shape index (κ3) is 4.67. The summed E-state index contributed by atoms with van der Waals surface area (Å²) in [5, 5.41) is 2.85. The molecule has 0 aliphatic heterocycles. The number of amides is 1. The van der Waals surface area contributed by atoms with Crippen LogP contribution in [0.25, 0.3) is 11.0 Å². The van der Waals surface area contributed by atoms with Gasteiger partial charge in [0.2, 0.25) is 5.91 Å². The number of H-pyrrole nitrogens is 1. The lowest BCUT2D eigenvalue weighted by Gasteiger charge is -2.08. The summed E-state index contributed by atoms with van der Waals surface area (Å²) in [6, 6.07) is 7.87. The molecule has 112 valence electrons. The van der Waals surface area contributed by atoms with Crippen molar-refractivity contribution in [3.05, 3.63) is 30.1 Å². The van der Waals surface area contributed by atoms with Crippen LogP contribution in [0, 0.1) is 5.92 Å². The summed E-state index contributed by atoms with van der Waals surface area (Å²) < 4.78 is 0. The van der Waals surface area contributed by atoms with E-state index in [9.17, 15) is 4.79 Å². The maximum Gasteiger partial charge on any atom is 0.224 e. The van der Waals surface area contributed by atoms with Crippen LogP contribution in [0.3, 0.4) is 0 Å². The first-order valence-corrected chi connectivity index (χ1v) is 6.12. The normalized spacial score (nSPS) is 11.3. The van der Waals surface area contributed by atoms with E-state index in [2.05, 4.69) is 15.3 Å². The molecule has 0 saturated carbocycles. The van der Waals surface area contributed by atoms with E-state index in [1.165, 1.54) is 0 Å². The average molecular weight is 319 g/mol. The molecule has 0 aliphatic carbocycles. The predicted molar refractivity (Wildman–Crippen MR) is 85.5 cm³/mol. The Labute approximate surface area is 130 Å². The molecule has 0 fully saturated rings. The van der Waals surface area contributed by atoms with E-state index in [1.54, 1.807) is 0 Å². The van der Waals surface area contributed by atoms with E-state index >= 15 is 0 Å². The smallest absolute Gasteiger partial charge is 0.224 e. The predicted octanol–water partition coefficient (Wildman–Crippen LogP) is 1.66. The van der Waals surface area contributed by atoms with Crippen LogP contribution in [0.5, 0.6) is 0 Å². The molecule has 1 aromatic heterocycles. The largest absolute Gasteiger partial charge is 0.355 e.